The van der Waals surface area contributed by atoms with Gasteiger partial charge >= 0.3 is 5.97 Å². The summed E-state index contributed by atoms with van der Waals surface area (Å²) in [6, 6.07) is 11.7. The van der Waals surface area contributed by atoms with Crippen LogP contribution in [-0.2, 0) is 16.6 Å². The van der Waals surface area contributed by atoms with Crippen LogP contribution in [0.25, 0.3) is 0 Å². The van der Waals surface area contributed by atoms with Crippen molar-refractivity contribution >= 4 is 16.0 Å². The molecule has 140 valence electrons. The first-order valence-corrected chi connectivity index (χ1v) is 9.37. The smallest absolute Gasteiger partial charge is 0.335 e. The predicted molar refractivity (Wildman–Crippen MR) is 96.0 cm³/mol. The van der Waals surface area contributed by atoms with Crippen molar-refractivity contribution in [2.45, 2.75) is 11.4 Å². The Morgan fingerprint density at radius 1 is 1.08 bits per heavy atom. The van der Waals surface area contributed by atoms with E-state index in [1.807, 2.05) is 11.0 Å². The molecule has 26 heavy (non-hydrogen) atoms. The zero-order valence-electron chi connectivity index (χ0n) is 14.6. The minimum atomic E-state index is -4.21. The fraction of sp³-hybridized carbons (Fsp3) is 0.278. The monoisotopic (exact) mass is 380 g/mol. The van der Waals surface area contributed by atoms with E-state index in [4.69, 9.17) is 5.11 Å². The minimum Gasteiger partial charge on any atom is -0.478 e. The Balaban J connectivity index is 2.44. The summed E-state index contributed by atoms with van der Waals surface area (Å²) < 4.78 is 41.4. The number of benzene rings is 2. The van der Waals surface area contributed by atoms with Gasteiger partial charge in [0.15, 0.2) is 0 Å². The second-order valence-corrected chi connectivity index (χ2v) is 7.98. The standard InChI is InChI=1S/C18H21FN2O4S/c1-20(2)10-11-21(13-14-6-4-3-5-7-14)26(24,25)17-12-15(18(22)23)8-9-16(17)19/h3-9,12H,10-11,13H2,1-2H3,(H,22,23). The van der Waals surface area contributed by atoms with Crippen LogP contribution in [0, 0.1) is 5.82 Å². The lowest BCUT2D eigenvalue weighted by Gasteiger charge is -2.24. The summed E-state index contributed by atoms with van der Waals surface area (Å²) in [5, 5.41) is 9.08. The summed E-state index contributed by atoms with van der Waals surface area (Å²) in [7, 11) is -0.604. The van der Waals surface area contributed by atoms with Crippen LogP contribution in [0.3, 0.4) is 0 Å². The van der Waals surface area contributed by atoms with E-state index < -0.39 is 26.7 Å². The first-order chi connectivity index (χ1) is 12.2. The molecule has 6 nitrogen and oxygen atoms in total. The Bertz CT molecular complexity index is 870. The molecule has 0 aromatic heterocycles. The number of halogens is 1. The lowest BCUT2D eigenvalue weighted by Crippen LogP contribution is -2.36. The van der Waals surface area contributed by atoms with E-state index in [0.717, 1.165) is 28.1 Å². The average molecular weight is 380 g/mol. The van der Waals surface area contributed by atoms with Gasteiger partial charge in [0.05, 0.1) is 5.56 Å². The van der Waals surface area contributed by atoms with Crippen LogP contribution in [0.2, 0.25) is 0 Å². The van der Waals surface area contributed by atoms with E-state index in [2.05, 4.69) is 0 Å². The number of sulfonamides is 1. The molecule has 8 heteroatoms. The highest BCUT2D eigenvalue weighted by Crippen LogP contribution is 2.22. The summed E-state index contributed by atoms with van der Waals surface area (Å²) in [5.74, 6) is -2.29. The number of hydrogen-bond acceptors (Lipinski definition) is 4. The third kappa shape index (κ3) is 4.87. The number of likely N-dealkylation sites (N-methyl/N-ethyl adjacent to an activating group) is 1. The Labute approximate surface area is 152 Å². The third-order valence-corrected chi connectivity index (χ3v) is 5.65. The van der Waals surface area contributed by atoms with E-state index in [0.29, 0.717) is 6.54 Å². The minimum absolute atomic E-state index is 0.0632. The van der Waals surface area contributed by atoms with Crippen LogP contribution in [0.15, 0.2) is 53.4 Å². The summed E-state index contributed by atoms with van der Waals surface area (Å²) in [6.07, 6.45) is 0. The van der Waals surface area contributed by atoms with E-state index >= 15 is 0 Å². The molecule has 0 aliphatic heterocycles. The van der Waals surface area contributed by atoms with Crippen LogP contribution in [0.5, 0.6) is 0 Å². The van der Waals surface area contributed by atoms with Crippen molar-refractivity contribution in [2.75, 3.05) is 27.2 Å². The van der Waals surface area contributed by atoms with E-state index in [-0.39, 0.29) is 18.7 Å². The number of hydrogen-bond donors (Lipinski definition) is 1. The van der Waals surface area contributed by atoms with Crippen LogP contribution in [0.4, 0.5) is 4.39 Å². The SMILES string of the molecule is CN(C)CCN(Cc1ccccc1)S(=O)(=O)c1cc(C(=O)O)ccc1F. The molecule has 0 saturated heterocycles. The molecule has 0 unspecified atom stereocenters. The van der Waals surface area contributed by atoms with Gasteiger partial charge in [-0.1, -0.05) is 30.3 Å². The number of carbonyl (C=O) groups is 1. The lowest BCUT2D eigenvalue weighted by atomic mass is 10.2. The summed E-state index contributed by atoms with van der Waals surface area (Å²) in [6.45, 7) is 0.640. The van der Waals surface area contributed by atoms with Crippen molar-refractivity contribution in [1.82, 2.24) is 9.21 Å². The number of nitrogens with zero attached hydrogens (tertiary/aromatic N) is 2. The van der Waals surface area contributed by atoms with Crippen LogP contribution >= 0.6 is 0 Å². The van der Waals surface area contributed by atoms with Crippen LogP contribution in [-0.4, -0.2) is 55.9 Å². The Hall–Kier alpha value is -2.29. The number of carboxylic acid groups (broad SMARTS) is 1. The molecule has 1 N–H and O–H groups in total. The molecule has 0 spiro atoms. The fourth-order valence-electron chi connectivity index (χ4n) is 2.36. The van der Waals surface area contributed by atoms with Crippen LogP contribution in [0.1, 0.15) is 15.9 Å². The zero-order valence-corrected chi connectivity index (χ0v) is 15.4. The molecule has 0 amide bonds. The van der Waals surface area contributed by atoms with Gasteiger partial charge in [-0.15, -0.1) is 0 Å². The molecule has 0 heterocycles. The number of rotatable bonds is 8. The molecule has 0 fully saturated rings. The first-order valence-electron chi connectivity index (χ1n) is 7.93. The predicted octanol–water partition coefficient (Wildman–Crippen LogP) is 2.28. The van der Waals surface area contributed by atoms with Gasteiger partial charge in [0.1, 0.15) is 10.7 Å². The molecular formula is C18H21FN2O4S. The van der Waals surface area contributed by atoms with Gasteiger partial charge in [-0.05, 0) is 37.9 Å². The molecular weight excluding hydrogens is 359 g/mol. The Morgan fingerprint density at radius 2 is 1.73 bits per heavy atom. The summed E-state index contributed by atoms with van der Waals surface area (Å²) in [4.78, 5) is 12.3. The van der Waals surface area contributed by atoms with Crippen molar-refractivity contribution in [3.05, 3.63) is 65.5 Å². The molecule has 2 aromatic carbocycles. The molecule has 0 aliphatic rings. The van der Waals surface area contributed by atoms with Gasteiger partial charge in [0.2, 0.25) is 10.0 Å². The highest BCUT2D eigenvalue weighted by Gasteiger charge is 2.28. The maximum absolute atomic E-state index is 14.2. The van der Waals surface area contributed by atoms with Crippen molar-refractivity contribution in [3.8, 4) is 0 Å². The first kappa shape index (κ1) is 20.0. The fourth-order valence-corrected chi connectivity index (χ4v) is 3.87. The van der Waals surface area contributed by atoms with E-state index in [9.17, 15) is 17.6 Å². The van der Waals surface area contributed by atoms with Crippen molar-refractivity contribution in [3.63, 3.8) is 0 Å². The summed E-state index contributed by atoms with van der Waals surface area (Å²) in [5.41, 5.74) is 0.474. The quantitative estimate of drug-likeness (QED) is 0.760. The number of aromatic carboxylic acids is 1. The summed E-state index contributed by atoms with van der Waals surface area (Å²) >= 11 is 0. The van der Waals surface area contributed by atoms with Gasteiger partial charge in [-0.3, -0.25) is 0 Å². The largest absolute Gasteiger partial charge is 0.478 e. The maximum atomic E-state index is 14.2. The molecule has 0 saturated carbocycles. The van der Waals surface area contributed by atoms with Gasteiger partial charge in [0.25, 0.3) is 0 Å². The van der Waals surface area contributed by atoms with Gasteiger partial charge < -0.3 is 10.0 Å². The zero-order chi connectivity index (χ0) is 19.3. The maximum Gasteiger partial charge on any atom is 0.335 e. The molecule has 2 aromatic rings. The second kappa shape index (κ2) is 8.39. The molecule has 0 atom stereocenters. The topological polar surface area (TPSA) is 77.9 Å². The van der Waals surface area contributed by atoms with Gasteiger partial charge in [-0.2, -0.15) is 4.31 Å². The van der Waals surface area contributed by atoms with E-state index in [1.54, 1.807) is 38.4 Å². The van der Waals surface area contributed by atoms with Gasteiger partial charge in [0, 0.05) is 19.6 Å². The molecule has 0 radical (unpaired) electrons. The highest BCUT2D eigenvalue weighted by molar-refractivity contribution is 7.89. The molecule has 0 bridgehead atoms. The third-order valence-electron chi connectivity index (χ3n) is 3.79. The lowest BCUT2D eigenvalue weighted by molar-refractivity contribution is 0.0696. The van der Waals surface area contributed by atoms with Crippen LogP contribution < -0.4 is 0 Å². The Morgan fingerprint density at radius 3 is 2.31 bits per heavy atom. The van der Waals surface area contributed by atoms with Gasteiger partial charge in [-0.25, -0.2) is 17.6 Å². The molecule has 2 rings (SSSR count). The van der Waals surface area contributed by atoms with Crippen molar-refractivity contribution in [2.24, 2.45) is 0 Å². The normalized spacial score (nSPS) is 11.9. The van der Waals surface area contributed by atoms with Crippen molar-refractivity contribution < 1.29 is 22.7 Å². The average Bonchev–Trinajstić information content (AvgIpc) is 2.59. The molecule has 0 aliphatic carbocycles. The highest BCUT2D eigenvalue weighted by atomic mass is 32.2. The Kier molecular flexibility index (Phi) is 6.47. The second-order valence-electron chi connectivity index (χ2n) is 6.08. The van der Waals surface area contributed by atoms with E-state index in [1.165, 1.54) is 0 Å². The number of carboxylic acids is 1. The van der Waals surface area contributed by atoms with Crippen molar-refractivity contribution in [1.29, 1.82) is 0 Å².